The number of hydrogen-bond acceptors (Lipinski definition) is 3. The first-order valence-electron chi connectivity index (χ1n) is 5.45. The highest BCUT2D eigenvalue weighted by molar-refractivity contribution is 6.32. The highest BCUT2D eigenvalue weighted by Gasteiger charge is 2.12. The Bertz CT molecular complexity index is 652. The average molecular weight is 276 g/mol. The summed E-state index contributed by atoms with van der Waals surface area (Å²) in [7, 11) is 0. The van der Waals surface area contributed by atoms with Gasteiger partial charge in [0.1, 0.15) is 6.61 Å². The van der Waals surface area contributed by atoms with Crippen LogP contribution in [0, 0.1) is 11.8 Å². The SMILES string of the molecule is O=C(Nc1cccc(C#CCO)c1)c1ccoc1Cl. The summed E-state index contributed by atoms with van der Waals surface area (Å²) in [6.07, 6.45) is 1.35. The molecule has 2 aromatic rings. The Balaban J connectivity index is 2.15. The molecule has 1 amide bonds. The Morgan fingerprint density at radius 2 is 2.26 bits per heavy atom. The number of hydrogen-bond donors (Lipinski definition) is 2. The number of carbonyl (C=O) groups excluding carboxylic acids is 1. The summed E-state index contributed by atoms with van der Waals surface area (Å²) in [6, 6.07) is 8.47. The smallest absolute Gasteiger partial charge is 0.260 e. The van der Waals surface area contributed by atoms with Crippen molar-refractivity contribution in [2.45, 2.75) is 0 Å². The van der Waals surface area contributed by atoms with E-state index >= 15 is 0 Å². The first-order chi connectivity index (χ1) is 9.20. The van der Waals surface area contributed by atoms with Crippen molar-refractivity contribution in [2.24, 2.45) is 0 Å². The summed E-state index contributed by atoms with van der Waals surface area (Å²) in [5, 5.41) is 11.4. The van der Waals surface area contributed by atoms with E-state index in [1.54, 1.807) is 24.3 Å². The van der Waals surface area contributed by atoms with Gasteiger partial charge in [0.25, 0.3) is 5.91 Å². The molecule has 96 valence electrons. The van der Waals surface area contributed by atoms with Crippen LogP contribution < -0.4 is 5.32 Å². The summed E-state index contributed by atoms with van der Waals surface area (Å²) >= 11 is 5.72. The molecule has 0 atom stereocenters. The van der Waals surface area contributed by atoms with Crippen molar-refractivity contribution in [1.82, 2.24) is 0 Å². The van der Waals surface area contributed by atoms with Crippen LogP contribution in [-0.2, 0) is 0 Å². The molecular formula is C14H10ClNO3. The van der Waals surface area contributed by atoms with Gasteiger partial charge in [0, 0.05) is 11.3 Å². The maximum absolute atomic E-state index is 11.9. The Kier molecular flexibility index (Phi) is 4.24. The molecule has 1 aromatic heterocycles. The molecular weight excluding hydrogens is 266 g/mol. The van der Waals surface area contributed by atoms with Gasteiger partial charge in [-0.15, -0.1) is 0 Å². The zero-order chi connectivity index (χ0) is 13.7. The molecule has 0 aliphatic heterocycles. The number of nitrogens with one attached hydrogen (secondary N) is 1. The van der Waals surface area contributed by atoms with E-state index in [-0.39, 0.29) is 23.3 Å². The summed E-state index contributed by atoms with van der Waals surface area (Å²) in [6.45, 7) is -0.207. The standard InChI is InChI=1S/C14H10ClNO3/c15-13-12(6-8-19-13)14(18)16-11-5-1-3-10(9-11)4-2-7-17/h1,3,5-6,8-9,17H,7H2,(H,16,18). The van der Waals surface area contributed by atoms with Crippen molar-refractivity contribution in [1.29, 1.82) is 0 Å². The minimum atomic E-state index is -0.356. The van der Waals surface area contributed by atoms with Gasteiger partial charge >= 0.3 is 0 Å². The van der Waals surface area contributed by atoms with E-state index < -0.39 is 0 Å². The van der Waals surface area contributed by atoms with Crippen molar-refractivity contribution in [3.63, 3.8) is 0 Å². The second-order valence-electron chi connectivity index (χ2n) is 3.60. The second-order valence-corrected chi connectivity index (χ2v) is 3.95. The van der Waals surface area contributed by atoms with Gasteiger partial charge < -0.3 is 14.8 Å². The molecule has 2 rings (SSSR count). The lowest BCUT2D eigenvalue weighted by Gasteiger charge is -2.04. The predicted octanol–water partition coefficient (Wildman–Crippen LogP) is 2.53. The number of aliphatic hydroxyl groups is 1. The van der Waals surface area contributed by atoms with Crippen molar-refractivity contribution in [2.75, 3.05) is 11.9 Å². The number of anilines is 1. The summed E-state index contributed by atoms with van der Waals surface area (Å²) < 4.78 is 4.85. The van der Waals surface area contributed by atoms with Gasteiger partial charge in [-0.3, -0.25) is 4.79 Å². The Morgan fingerprint density at radius 3 is 2.95 bits per heavy atom. The van der Waals surface area contributed by atoms with Crippen LogP contribution in [0.1, 0.15) is 15.9 Å². The fraction of sp³-hybridized carbons (Fsp3) is 0.0714. The van der Waals surface area contributed by atoms with Crippen LogP contribution in [0.3, 0.4) is 0 Å². The van der Waals surface area contributed by atoms with Crippen LogP contribution in [-0.4, -0.2) is 17.6 Å². The third-order valence-electron chi connectivity index (χ3n) is 2.29. The molecule has 1 heterocycles. The fourth-order valence-corrected chi connectivity index (χ4v) is 1.67. The molecule has 0 saturated heterocycles. The van der Waals surface area contributed by atoms with Gasteiger partial charge in [0.2, 0.25) is 5.22 Å². The molecule has 5 heteroatoms. The molecule has 0 aliphatic rings. The number of carbonyl (C=O) groups is 1. The van der Waals surface area contributed by atoms with Gasteiger partial charge in [-0.05, 0) is 35.9 Å². The first-order valence-corrected chi connectivity index (χ1v) is 5.82. The van der Waals surface area contributed by atoms with E-state index in [0.717, 1.165) is 0 Å². The fourth-order valence-electron chi connectivity index (χ4n) is 1.47. The highest BCUT2D eigenvalue weighted by Crippen LogP contribution is 2.18. The molecule has 0 saturated carbocycles. The van der Waals surface area contributed by atoms with Gasteiger partial charge in [0.05, 0.1) is 11.8 Å². The Hall–Kier alpha value is -2.22. The number of rotatable bonds is 2. The monoisotopic (exact) mass is 275 g/mol. The largest absolute Gasteiger partial charge is 0.452 e. The number of aliphatic hydroxyl groups excluding tert-OH is 1. The minimum absolute atomic E-state index is 0.0497. The average Bonchev–Trinajstić information content (AvgIpc) is 2.83. The third-order valence-corrected chi connectivity index (χ3v) is 2.59. The van der Waals surface area contributed by atoms with Crippen molar-refractivity contribution >= 4 is 23.2 Å². The zero-order valence-corrected chi connectivity index (χ0v) is 10.6. The zero-order valence-electron chi connectivity index (χ0n) is 9.81. The Labute approximate surface area is 115 Å². The lowest BCUT2D eigenvalue weighted by Crippen LogP contribution is -2.11. The number of halogens is 1. The van der Waals surface area contributed by atoms with Gasteiger partial charge in [-0.1, -0.05) is 17.9 Å². The topological polar surface area (TPSA) is 62.5 Å². The van der Waals surface area contributed by atoms with Crippen molar-refractivity contribution in [3.05, 3.63) is 52.9 Å². The molecule has 0 spiro atoms. The predicted molar refractivity (Wildman–Crippen MR) is 72.1 cm³/mol. The molecule has 19 heavy (non-hydrogen) atoms. The van der Waals surface area contributed by atoms with E-state index in [2.05, 4.69) is 17.2 Å². The van der Waals surface area contributed by atoms with Crippen LogP contribution in [0.4, 0.5) is 5.69 Å². The molecule has 1 aromatic carbocycles. The molecule has 0 unspecified atom stereocenters. The van der Waals surface area contributed by atoms with E-state index in [9.17, 15) is 4.79 Å². The maximum Gasteiger partial charge on any atom is 0.260 e. The lowest BCUT2D eigenvalue weighted by molar-refractivity contribution is 0.102. The van der Waals surface area contributed by atoms with Gasteiger partial charge in [0.15, 0.2) is 0 Å². The van der Waals surface area contributed by atoms with Crippen LogP contribution >= 0.6 is 11.6 Å². The molecule has 4 nitrogen and oxygen atoms in total. The molecule has 0 fully saturated rings. The first kappa shape index (κ1) is 13.2. The number of benzene rings is 1. The third kappa shape index (κ3) is 3.38. The summed E-state index contributed by atoms with van der Waals surface area (Å²) in [4.78, 5) is 11.9. The quantitative estimate of drug-likeness (QED) is 0.828. The molecule has 0 bridgehead atoms. The van der Waals surface area contributed by atoms with Crippen molar-refractivity contribution in [3.8, 4) is 11.8 Å². The normalized spacial score (nSPS) is 9.58. The van der Waals surface area contributed by atoms with Crippen LogP contribution in [0.15, 0.2) is 41.0 Å². The van der Waals surface area contributed by atoms with Gasteiger partial charge in [-0.2, -0.15) is 0 Å². The summed E-state index contributed by atoms with van der Waals surface area (Å²) in [5.41, 5.74) is 1.56. The van der Waals surface area contributed by atoms with Crippen LogP contribution in [0.25, 0.3) is 0 Å². The molecule has 2 N–H and O–H groups in total. The molecule has 0 aliphatic carbocycles. The van der Waals surface area contributed by atoms with E-state index in [4.69, 9.17) is 21.1 Å². The maximum atomic E-state index is 11.9. The highest BCUT2D eigenvalue weighted by atomic mass is 35.5. The molecule has 0 radical (unpaired) electrons. The van der Waals surface area contributed by atoms with E-state index in [0.29, 0.717) is 11.3 Å². The second kappa shape index (κ2) is 6.10. The number of amides is 1. The minimum Gasteiger partial charge on any atom is -0.452 e. The van der Waals surface area contributed by atoms with Gasteiger partial charge in [-0.25, -0.2) is 0 Å². The van der Waals surface area contributed by atoms with Crippen LogP contribution in [0.2, 0.25) is 5.22 Å². The van der Waals surface area contributed by atoms with Crippen molar-refractivity contribution < 1.29 is 14.3 Å². The van der Waals surface area contributed by atoms with Crippen LogP contribution in [0.5, 0.6) is 0 Å². The van der Waals surface area contributed by atoms with E-state index in [1.165, 1.54) is 12.3 Å². The summed E-state index contributed by atoms with van der Waals surface area (Å²) in [5.74, 6) is 4.94. The van der Waals surface area contributed by atoms with E-state index in [1.807, 2.05) is 0 Å². The Morgan fingerprint density at radius 1 is 1.42 bits per heavy atom. The lowest BCUT2D eigenvalue weighted by atomic mass is 10.2. The number of furan rings is 1.